The number of anilines is 1. The smallest absolute Gasteiger partial charge is 0.227 e. The van der Waals surface area contributed by atoms with Crippen molar-refractivity contribution in [2.24, 2.45) is 0 Å². The Labute approximate surface area is 159 Å². The van der Waals surface area contributed by atoms with Crippen molar-refractivity contribution in [3.8, 4) is 0 Å². The van der Waals surface area contributed by atoms with Crippen molar-refractivity contribution in [2.45, 2.75) is 33.1 Å². The van der Waals surface area contributed by atoms with E-state index in [2.05, 4.69) is 30.2 Å². The Morgan fingerprint density at radius 3 is 2.56 bits per heavy atom. The highest BCUT2D eigenvalue weighted by atomic mass is 16.5. The maximum atomic E-state index is 12.4. The molecule has 146 valence electrons. The summed E-state index contributed by atoms with van der Waals surface area (Å²) in [6.07, 6.45) is 4.49. The lowest BCUT2D eigenvalue weighted by molar-refractivity contribution is -0.122. The molecule has 1 atom stereocenters. The van der Waals surface area contributed by atoms with Gasteiger partial charge in [-0.25, -0.2) is 9.97 Å². The minimum absolute atomic E-state index is 0.0236. The molecule has 3 rings (SSSR count). The first-order valence-electron chi connectivity index (χ1n) is 9.51. The summed E-state index contributed by atoms with van der Waals surface area (Å²) in [5, 5.41) is 6.96. The average molecular weight is 372 g/mol. The summed E-state index contributed by atoms with van der Waals surface area (Å²) in [7, 11) is 0. The highest BCUT2D eigenvalue weighted by Crippen LogP contribution is 2.23. The topological polar surface area (TPSA) is 87.4 Å². The molecule has 3 heterocycles. The normalized spacial score (nSPS) is 16.3. The summed E-state index contributed by atoms with van der Waals surface area (Å²) in [6, 6.07) is 1.83. The molecule has 0 radical (unpaired) electrons. The summed E-state index contributed by atoms with van der Waals surface area (Å²) < 4.78 is 5.16. The van der Waals surface area contributed by atoms with Gasteiger partial charge in [-0.15, -0.1) is 0 Å². The molecule has 8 nitrogen and oxygen atoms in total. The van der Waals surface area contributed by atoms with Gasteiger partial charge in [0.1, 0.15) is 5.76 Å². The molecule has 0 saturated carbocycles. The van der Waals surface area contributed by atoms with Crippen LogP contribution in [0.2, 0.25) is 0 Å². The van der Waals surface area contributed by atoms with Crippen molar-refractivity contribution in [1.82, 2.24) is 25.3 Å². The highest BCUT2D eigenvalue weighted by molar-refractivity contribution is 5.83. The first-order chi connectivity index (χ1) is 13.1. The quantitative estimate of drug-likeness (QED) is 0.737. The van der Waals surface area contributed by atoms with Crippen LogP contribution >= 0.6 is 0 Å². The van der Waals surface area contributed by atoms with Gasteiger partial charge in [-0.05, 0) is 39.8 Å². The number of carbonyl (C=O) groups is 1. The Kier molecular flexibility index (Phi) is 6.39. The molecule has 8 heteroatoms. The summed E-state index contributed by atoms with van der Waals surface area (Å²) in [4.78, 5) is 25.6. The van der Waals surface area contributed by atoms with Crippen LogP contribution in [-0.4, -0.2) is 65.2 Å². The molecule has 2 aromatic heterocycles. The van der Waals surface area contributed by atoms with E-state index in [0.717, 1.165) is 62.1 Å². The summed E-state index contributed by atoms with van der Waals surface area (Å²) in [5.41, 5.74) is 1.68. The molecule has 1 N–H and O–H groups in total. The van der Waals surface area contributed by atoms with Gasteiger partial charge in [0, 0.05) is 50.7 Å². The zero-order valence-electron chi connectivity index (χ0n) is 16.3. The molecule has 0 bridgehead atoms. The Morgan fingerprint density at radius 1 is 1.22 bits per heavy atom. The van der Waals surface area contributed by atoms with Crippen molar-refractivity contribution in [3.05, 3.63) is 35.5 Å². The number of rotatable bonds is 7. The van der Waals surface area contributed by atoms with E-state index < -0.39 is 0 Å². The van der Waals surface area contributed by atoms with Crippen LogP contribution in [0.5, 0.6) is 0 Å². The van der Waals surface area contributed by atoms with Gasteiger partial charge in [-0.1, -0.05) is 5.16 Å². The Hall–Kier alpha value is -2.48. The van der Waals surface area contributed by atoms with Crippen molar-refractivity contribution in [3.63, 3.8) is 0 Å². The molecule has 1 unspecified atom stereocenters. The highest BCUT2D eigenvalue weighted by Gasteiger charge is 2.23. The molecule has 1 aliphatic rings. The van der Waals surface area contributed by atoms with Crippen molar-refractivity contribution >= 4 is 11.9 Å². The molecule has 1 saturated heterocycles. The predicted octanol–water partition coefficient (Wildman–Crippen LogP) is 1.51. The van der Waals surface area contributed by atoms with Gasteiger partial charge >= 0.3 is 0 Å². The number of nitrogens with zero attached hydrogens (tertiary/aromatic N) is 5. The number of carbonyl (C=O) groups excluding carboxylic acids is 1. The SMILES string of the molecule is Cc1noc(C)c1C(C)C(=O)NCCCN1CCN(c2ncccn2)CC1. The monoisotopic (exact) mass is 372 g/mol. The standard InChI is InChI=1S/C19H28N6O2/c1-14(17-15(2)23-27-16(17)3)18(26)20-8-5-9-24-10-12-25(13-11-24)19-21-6-4-7-22-19/h4,6-7,14H,5,8-13H2,1-3H3,(H,20,26). The fraction of sp³-hybridized carbons (Fsp3) is 0.579. The van der Waals surface area contributed by atoms with E-state index in [9.17, 15) is 4.79 Å². The average Bonchev–Trinajstić information content (AvgIpc) is 3.04. The fourth-order valence-corrected chi connectivity index (χ4v) is 3.53. The molecule has 0 aromatic carbocycles. The Bertz CT molecular complexity index is 720. The molecule has 27 heavy (non-hydrogen) atoms. The van der Waals surface area contributed by atoms with Crippen LogP contribution in [0.1, 0.15) is 36.3 Å². The van der Waals surface area contributed by atoms with Gasteiger partial charge in [0.2, 0.25) is 11.9 Å². The van der Waals surface area contributed by atoms with E-state index in [-0.39, 0.29) is 11.8 Å². The zero-order chi connectivity index (χ0) is 19.2. The molecule has 1 fully saturated rings. The van der Waals surface area contributed by atoms with Crippen LogP contribution in [0.25, 0.3) is 0 Å². The number of aryl methyl sites for hydroxylation is 2. The summed E-state index contributed by atoms with van der Waals surface area (Å²) in [6.45, 7) is 11.1. The first kappa shape index (κ1) is 19.3. The third kappa shape index (κ3) is 4.82. The molecule has 0 aliphatic carbocycles. The zero-order valence-corrected chi connectivity index (χ0v) is 16.3. The van der Waals surface area contributed by atoms with Crippen molar-refractivity contribution in [2.75, 3.05) is 44.2 Å². The van der Waals surface area contributed by atoms with Gasteiger partial charge < -0.3 is 14.7 Å². The van der Waals surface area contributed by atoms with Gasteiger partial charge in [0.15, 0.2) is 0 Å². The maximum absolute atomic E-state index is 12.4. The van der Waals surface area contributed by atoms with E-state index in [0.29, 0.717) is 6.54 Å². The van der Waals surface area contributed by atoms with Crippen LogP contribution in [0, 0.1) is 13.8 Å². The number of amides is 1. The van der Waals surface area contributed by atoms with E-state index in [1.807, 2.05) is 26.8 Å². The van der Waals surface area contributed by atoms with Crippen LogP contribution in [-0.2, 0) is 4.79 Å². The van der Waals surface area contributed by atoms with Gasteiger partial charge in [0.05, 0.1) is 11.6 Å². The van der Waals surface area contributed by atoms with Gasteiger partial charge in [0.25, 0.3) is 0 Å². The number of nitrogens with one attached hydrogen (secondary N) is 1. The van der Waals surface area contributed by atoms with E-state index in [1.165, 1.54) is 0 Å². The third-order valence-corrected chi connectivity index (χ3v) is 5.07. The lowest BCUT2D eigenvalue weighted by atomic mass is 9.99. The minimum Gasteiger partial charge on any atom is -0.361 e. The van der Waals surface area contributed by atoms with Crippen LogP contribution in [0.3, 0.4) is 0 Å². The molecule has 2 aromatic rings. The number of piperazine rings is 1. The lowest BCUT2D eigenvalue weighted by Gasteiger charge is -2.34. The number of hydrogen-bond acceptors (Lipinski definition) is 7. The van der Waals surface area contributed by atoms with Crippen LogP contribution in [0.4, 0.5) is 5.95 Å². The van der Waals surface area contributed by atoms with Crippen molar-refractivity contribution < 1.29 is 9.32 Å². The molecule has 1 aliphatic heterocycles. The molecule has 1 amide bonds. The summed E-state index contributed by atoms with van der Waals surface area (Å²) >= 11 is 0. The predicted molar refractivity (Wildman–Crippen MR) is 103 cm³/mol. The molecular formula is C19H28N6O2. The largest absolute Gasteiger partial charge is 0.361 e. The van der Waals surface area contributed by atoms with Crippen LogP contribution < -0.4 is 10.2 Å². The number of hydrogen-bond donors (Lipinski definition) is 1. The van der Waals surface area contributed by atoms with Gasteiger partial charge in [-0.2, -0.15) is 0 Å². The molecular weight excluding hydrogens is 344 g/mol. The Morgan fingerprint density at radius 2 is 1.93 bits per heavy atom. The molecule has 0 spiro atoms. The Balaban J connectivity index is 1.35. The second-order valence-electron chi connectivity index (χ2n) is 6.98. The minimum atomic E-state index is -0.245. The third-order valence-electron chi connectivity index (χ3n) is 5.07. The fourth-order valence-electron chi connectivity index (χ4n) is 3.53. The summed E-state index contributed by atoms with van der Waals surface area (Å²) in [5.74, 6) is 1.30. The second-order valence-corrected chi connectivity index (χ2v) is 6.98. The first-order valence-corrected chi connectivity index (χ1v) is 9.51. The number of aromatic nitrogens is 3. The van der Waals surface area contributed by atoms with E-state index in [4.69, 9.17) is 4.52 Å². The van der Waals surface area contributed by atoms with E-state index >= 15 is 0 Å². The van der Waals surface area contributed by atoms with Gasteiger partial charge in [-0.3, -0.25) is 9.69 Å². The maximum Gasteiger partial charge on any atom is 0.227 e. The van der Waals surface area contributed by atoms with Crippen LogP contribution in [0.15, 0.2) is 23.0 Å². The lowest BCUT2D eigenvalue weighted by Crippen LogP contribution is -2.47. The van der Waals surface area contributed by atoms with Crippen molar-refractivity contribution in [1.29, 1.82) is 0 Å². The second kappa shape index (κ2) is 8.94. The van der Waals surface area contributed by atoms with E-state index in [1.54, 1.807) is 12.4 Å².